The third-order valence-electron chi connectivity index (χ3n) is 4.35. The van der Waals surface area contributed by atoms with E-state index in [9.17, 15) is 13.6 Å². The molecule has 0 atom stereocenters. The molecular weight excluding hydrogens is 376 g/mol. The van der Waals surface area contributed by atoms with Gasteiger partial charge in [-0.1, -0.05) is 18.7 Å². The predicted octanol–water partition coefficient (Wildman–Crippen LogP) is 3.94. The highest BCUT2D eigenvalue weighted by Gasteiger charge is 2.14. The first-order valence-electron chi connectivity index (χ1n) is 8.69. The van der Waals surface area contributed by atoms with E-state index in [0.29, 0.717) is 34.7 Å². The van der Waals surface area contributed by atoms with Gasteiger partial charge >= 0.3 is 0 Å². The summed E-state index contributed by atoms with van der Waals surface area (Å²) in [4.78, 5) is 24.2. The zero-order valence-corrected chi connectivity index (χ0v) is 15.1. The summed E-state index contributed by atoms with van der Waals surface area (Å²) in [7, 11) is 0. The lowest BCUT2D eigenvalue weighted by atomic mass is 10.1. The Morgan fingerprint density at radius 1 is 1.07 bits per heavy atom. The lowest BCUT2D eigenvalue weighted by Crippen LogP contribution is -2.07. The Balaban J connectivity index is 1.63. The fraction of sp³-hybridized carbons (Fsp3) is 0.0476. The Kier molecular flexibility index (Phi) is 4.82. The van der Waals surface area contributed by atoms with Crippen LogP contribution in [0.4, 0.5) is 14.5 Å². The molecule has 0 bridgehead atoms. The molecular formula is C21H15F2N5O. The molecule has 0 aliphatic carbocycles. The number of benzene rings is 2. The van der Waals surface area contributed by atoms with E-state index >= 15 is 0 Å². The molecule has 0 saturated heterocycles. The molecule has 29 heavy (non-hydrogen) atoms. The minimum absolute atomic E-state index is 0.278. The summed E-state index contributed by atoms with van der Waals surface area (Å²) < 4.78 is 28.7. The molecule has 4 aromatic rings. The second kappa shape index (κ2) is 7.59. The number of nitrogens with zero attached hydrogens (tertiary/aromatic N) is 4. The third kappa shape index (κ3) is 3.73. The summed E-state index contributed by atoms with van der Waals surface area (Å²) >= 11 is 0. The highest BCUT2D eigenvalue weighted by molar-refractivity contribution is 5.98. The standard InChI is InChI=1S/C21H15F2N5O/c1-2-18(29)27-15-6-3-13(4-7-15)10-28-12-26-20-19(24-11-25-21(20)28)14-5-8-16(22)17(23)9-14/h2-9,11-12H,1,10H2,(H,27,29). The molecule has 0 aliphatic rings. The topological polar surface area (TPSA) is 72.7 Å². The Morgan fingerprint density at radius 3 is 2.59 bits per heavy atom. The fourth-order valence-corrected chi connectivity index (χ4v) is 2.93. The van der Waals surface area contributed by atoms with Gasteiger partial charge in [0.2, 0.25) is 5.91 Å². The van der Waals surface area contributed by atoms with E-state index in [1.165, 1.54) is 18.5 Å². The van der Waals surface area contributed by atoms with Gasteiger partial charge in [-0.15, -0.1) is 0 Å². The van der Waals surface area contributed by atoms with Crippen LogP contribution in [0.1, 0.15) is 5.56 Å². The normalized spacial score (nSPS) is 10.8. The number of amides is 1. The lowest BCUT2D eigenvalue weighted by molar-refractivity contribution is -0.111. The minimum atomic E-state index is -0.947. The first-order chi connectivity index (χ1) is 14.0. The molecule has 4 rings (SSSR count). The van der Waals surface area contributed by atoms with E-state index in [0.717, 1.165) is 17.7 Å². The molecule has 0 saturated carbocycles. The van der Waals surface area contributed by atoms with Crippen LogP contribution in [0.25, 0.3) is 22.4 Å². The molecule has 1 amide bonds. The number of rotatable bonds is 5. The number of carbonyl (C=O) groups is 1. The number of hydrogen-bond donors (Lipinski definition) is 1. The van der Waals surface area contributed by atoms with Crippen LogP contribution in [0.3, 0.4) is 0 Å². The van der Waals surface area contributed by atoms with Crippen LogP contribution in [-0.4, -0.2) is 25.4 Å². The summed E-state index contributed by atoms with van der Waals surface area (Å²) in [5.41, 5.74) is 3.54. The van der Waals surface area contributed by atoms with Crippen LogP contribution in [0, 0.1) is 11.6 Å². The highest BCUT2D eigenvalue weighted by atomic mass is 19.2. The van der Waals surface area contributed by atoms with Crippen molar-refractivity contribution >= 4 is 22.8 Å². The maximum Gasteiger partial charge on any atom is 0.247 e. The molecule has 0 spiro atoms. The molecule has 2 heterocycles. The second-order valence-electron chi connectivity index (χ2n) is 6.29. The number of nitrogens with one attached hydrogen (secondary N) is 1. The largest absolute Gasteiger partial charge is 0.323 e. The van der Waals surface area contributed by atoms with E-state index in [1.54, 1.807) is 18.5 Å². The molecule has 0 aliphatic heterocycles. The average molecular weight is 391 g/mol. The molecule has 6 nitrogen and oxygen atoms in total. The fourth-order valence-electron chi connectivity index (χ4n) is 2.93. The van der Waals surface area contributed by atoms with Gasteiger partial charge in [0, 0.05) is 11.3 Å². The number of aromatic nitrogens is 4. The van der Waals surface area contributed by atoms with Crippen molar-refractivity contribution < 1.29 is 13.6 Å². The van der Waals surface area contributed by atoms with E-state index in [1.807, 2.05) is 16.7 Å². The zero-order valence-electron chi connectivity index (χ0n) is 15.1. The van der Waals surface area contributed by atoms with Crippen LogP contribution >= 0.6 is 0 Å². The number of imidazole rings is 1. The van der Waals surface area contributed by atoms with E-state index in [-0.39, 0.29) is 5.91 Å². The zero-order chi connectivity index (χ0) is 20.4. The number of hydrogen-bond acceptors (Lipinski definition) is 4. The van der Waals surface area contributed by atoms with Gasteiger partial charge in [-0.25, -0.2) is 23.7 Å². The van der Waals surface area contributed by atoms with Crippen molar-refractivity contribution in [2.45, 2.75) is 6.54 Å². The quantitative estimate of drug-likeness (QED) is 0.523. The van der Waals surface area contributed by atoms with Crippen LogP contribution in [0.5, 0.6) is 0 Å². The SMILES string of the molecule is C=CC(=O)Nc1ccc(Cn2cnc3c(-c4ccc(F)c(F)c4)ncnc32)cc1. The van der Waals surface area contributed by atoms with Gasteiger partial charge < -0.3 is 9.88 Å². The van der Waals surface area contributed by atoms with Crippen molar-refractivity contribution in [3.8, 4) is 11.3 Å². The van der Waals surface area contributed by atoms with Gasteiger partial charge in [-0.2, -0.15) is 0 Å². The van der Waals surface area contributed by atoms with Gasteiger partial charge in [0.1, 0.15) is 17.5 Å². The van der Waals surface area contributed by atoms with Gasteiger partial charge in [0.05, 0.1) is 12.9 Å². The number of halogens is 2. The Labute approximate surface area is 164 Å². The van der Waals surface area contributed by atoms with Crippen molar-refractivity contribution in [3.63, 3.8) is 0 Å². The molecule has 1 N–H and O–H groups in total. The maximum atomic E-state index is 13.6. The smallest absolute Gasteiger partial charge is 0.247 e. The first kappa shape index (κ1) is 18.4. The second-order valence-corrected chi connectivity index (χ2v) is 6.29. The summed E-state index contributed by atoms with van der Waals surface area (Å²) in [6.07, 6.45) is 4.19. The molecule has 8 heteroatoms. The maximum absolute atomic E-state index is 13.6. The first-order valence-corrected chi connectivity index (χ1v) is 8.69. The highest BCUT2D eigenvalue weighted by Crippen LogP contribution is 2.26. The van der Waals surface area contributed by atoms with Crippen molar-refractivity contribution in [3.05, 3.63) is 85.0 Å². The van der Waals surface area contributed by atoms with Crippen molar-refractivity contribution in [1.82, 2.24) is 19.5 Å². The molecule has 2 aromatic carbocycles. The van der Waals surface area contributed by atoms with E-state index < -0.39 is 11.6 Å². The summed E-state index contributed by atoms with van der Waals surface area (Å²) in [5.74, 6) is -2.14. The van der Waals surface area contributed by atoms with Crippen molar-refractivity contribution in [2.24, 2.45) is 0 Å². The van der Waals surface area contributed by atoms with Gasteiger partial charge in [0.25, 0.3) is 0 Å². The van der Waals surface area contributed by atoms with Crippen LogP contribution < -0.4 is 5.32 Å². The monoisotopic (exact) mass is 391 g/mol. The van der Waals surface area contributed by atoms with Crippen LogP contribution in [-0.2, 0) is 11.3 Å². The molecule has 2 aromatic heterocycles. The Hall–Kier alpha value is -3.94. The number of anilines is 1. The molecule has 0 radical (unpaired) electrons. The van der Waals surface area contributed by atoms with Gasteiger partial charge in [-0.05, 0) is 42.0 Å². The van der Waals surface area contributed by atoms with E-state index in [4.69, 9.17) is 0 Å². The number of fused-ring (bicyclic) bond motifs is 1. The summed E-state index contributed by atoms with van der Waals surface area (Å²) in [6, 6.07) is 10.9. The Morgan fingerprint density at radius 2 is 1.86 bits per heavy atom. The minimum Gasteiger partial charge on any atom is -0.323 e. The van der Waals surface area contributed by atoms with Crippen molar-refractivity contribution in [1.29, 1.82) is 0 Å². The van der Waals surface area contributed by atoms with Crippen LogP contribution in [0.2, 0.25) is 0 Å². The third-order valence-corrected chi connectivity index (χ3v) is 4.35. The Bertz CT molecular complexity index is 1220. The summed E-state index contributed by atoms with van der Waals surface area (Å²) in [5, 5.41) is 2.69. The lowest BCUT2D eigenvalue weighted by Gasteiger charge is -2.07. The molecule has 0 fully saturated rings. The molecule has 144 valence electrons. The van der Waals surface area contributed by atoms with Crippen molar-refractivity contribution in [2.75, 3.05) is 5.32 Å². The van der Waals surface area contributed by atoms with Gasteiger partial charge in [0.15, 0.2) is 17.3 Å². The average Bonchev–Trinajstić information content (AvgIpc) is 3.14. The predicted molar refractivity (Wildman–Crippen MR) is 105 cm³/mol. The van der Waals surface area contributed by atoms with E-state index in [2.05, 4.69) is 26.8 Å². The summed E-state index contributed by atoms with van der Waals surface area (Å²) in [6.45, 7) is 3.90. The van der Waals surface area contributed by atoms with Gasteiger partial charge in [-0.3, -0.25) is 4.79 Å². The van der Waals surface area contributed by atoms with Crippen LogP contribution in [0.15, 0.2) is 67.8 Å². The number of carbonyl (C=O) groups excluding carboxylic acids is 1. The molecule has 0 unspecified atom stereocenters.